The predicted octanol–water partition coefficient (Wildman–Crippen LogP) is 3.04. The molecule has 0 radical (unpaired) electrons. The molecule has 2 atom stereocenters. The molecule has 1 aromatic carbocycles. The number of benzene rings is 1. The molecular weight excluding hydrogens is 358 g/mol. The monoisotopic (exact) mass is 375 g/mol. The lowest BCUT2D eigenvalue weighted by molar-refractivity contribution is -0.384. The van der Waals surface area contributed by atoms with Crippen LogP contribution < -0.4 is 0 Å². The lowest BCUT2D eigenvalue weighted by Gasteiger charge is -2.35. The van der Waals surface area contributed by atoms with E-state index in [0.717, 1.165) is 6.42 Å². The Morgan fingerprint density at radius 2 is 2.04 bits per heavy atom. The number of carboxylic acids is 1. The van der Waals surface area contributed by atoms with E-state index in [1.54, 1.807) is 17.5 Å². The molecule has 2 aromatic rings. The third-order valence-electron chi connectivity index (χ3n) is 4.46. The maximum atomic E-state index is 12.7. The summed E-state index contributed by atoms with van der Waals surface area (Å²) in [6.07, 6.45) is 1.19. The number of rotatable bonds is 4. The molecule has 0 saturated carbocycles. The fourth-order valence-corrected chi connectivity index (χ4v) is 3.80. The Morgan fingerprint density at radius 3 is 2.65 bits per heavy atom. The summed E-state index contributed by atoms with van der Waals surface area (Å²) in [4.78, 5) is 40.1. The number of amides is 1. The second-order valence-electron chi connectivity index (χ2n) is 6.32. The highest BCUT2D eigenvalue weighted by molar-refractivity contribution is 7.13. The molecule has 3 rings (SSSR count). The molecule has 0 bridgehead atoms. The Morgan fingerprint density at radius 1 is 1.35 bits per heavy atom. The number of hydrogen-bond donors (Lipinski definition) is 1. The molecule has 1 aromatic heterocycles. The largest absolute Gasteiger partial charge is 0.480 e. The van der Waals surface area contributed by atoms with Gasteiger partial charge >= 0.3 is 5.97 Å². The molecule has 136 valence electrons. The zero-order chi connectivity index (χ0) is 18.8. The van der Waals surface area contributed by atoms with Gasteiger partial charge in [0, 0.05) is 29.6 Å². The predicted molar refractivity (Wildman–Crippen MR) is 95.1 cm³/mol. The summed E-state index contributed by atoms with van der Waals surface area (Å²) in [6, 6.07) is 5.08. The van der Waals surface area contributed by atoms with Gasteiger partial charge in [-0.1, -0.05) is 6.92 Å². The Labute approximate surface area is 153 Å². The zero-order valence-corrected chi connectivity index (χ0v) is 14.8. The molecule has 1 saturated heterocycles. The van der Waals surface area contributed by atoms with Gasteiger partial charge < -0.3 is 10.0 Å². The second-order valence-corrected chi connectivity index (χ2v) is 7.18. The number of thiazole rings is 1. The molecule has 1 N–H and O–H groups in total. The van der Waals surface area contributed by atoms with Crippen LogP contribution in [0.2, 0.25) is 0 Å². The molecule has 0 aliphatic carbocycles. The molecule has 1 aliphatic rings. The summed E-state index contributed by atoms with van der Waals surface area (Å²) in [6.45, 7) is 2.37. The van der Waals surface area contributed by atoms with Crippen molar-refractivity contribution in [3.63, 3.8) is 0 Å². The van der Waals surface area contributed by atoms with Gasteiger partial charge in [-0.15, -0.1) is 11.3 Å². The first-order valence-corrected chi connectivity index (χ1v) is 8.99. The van der Waals surface area contributed by atoms with E-state index in [1.807, 2.05) is 6.92 Å². The number of carbonyl (C=O) groups is 2. The van der Waals surface area contributed by atoms with Crippen LogP contribution in [0.15, 0.2) is 29.6 Å². The van der Waals surface area contributed by atoms with Crippen LogP contribution in [0, 0.1) is 16.0 Å². The number of nitro benzene ring substituents is 1. The van der Waals surface area contributed by atoms with Gasteiger partial charge in [0.1, 0.15) is 16.7 Å². The first kappa shape index (κ1) is 18.0. The maximum Gasteiger partial charge on any atom is 0.326 e. The first-order valence-electron chi connectivity index (χ1n) is 8.11. The average Bonchev–Trinajstić information content (AvgIpc) is 3.11. The highest BCUT2D eigenvalue weighted by atomic mass is 32.1. The Kier molecular flexibility index (Phi) is 4.99. The van der Waals surface area contributed by atoms with Gasteiger partial charge in [0.05, 0.1) is 4.92 Å². The summed E-state index contributed by atoms with van der Waals surface area (Å²) in [7, 11) is 0. The van der Waals surface area contributed by atoms with Crippen LogP contribution in [0.5, 0.6) is 0 Å². The number of carboxylic acid groups (broad SMARTS) is 1. The highest BCUT2D eigenvalue weighted by Crippen LogP contribution is 2.28. The van der Waals surface area contributed by atoms with E-state index in [4.69, 9.17) is 0 Å². The van der Waals surface area contributed by atoms with E-state index in [9.17, 15) is 24.8 Å². The SMILES string of the molecule is CC1CCN(C(=O)c2csc(-c3ccc([N+](=O)[O-])cc3)n2)C(C(=O)O)C1. The third kappa shape index (κ3) is 3.57. The fraction of sp³-hybridized carbons (Fsp3) is 0.353. The molecule has 9 heteroatoms. The van der Waals surface area contributed by atoms with Crippen LogP contribution in [0.3, 0.4) is 0 Å². The van der Waals surface area contributed by atoms with Gasteiger partial charge in [-0.25, -0.2) is 9.78 Å². The Bertz CT molecular complexity index is 848. The van der Waals surface area contributed by atoms with Gasteiger partial charge in [-0.3, -0.25) is 14.9 Å². The normalized spacial score (nSPS) is 20.0. The molecule has 0 spiro atoms. The van der Waals surface area contributed by atoms with Crippen molar-refractivity contribution in [2.24, 2.45) is 5.92 Å². The van der Waals surface area contributed by atoms with E-state index in [1.165, 1.54) is 28.4 Å². The molecule has 2 heterocycles. The van der Waals surface area contributed by atoms with Crippen LogP contribution in [-0.2, 0) is 4.79 Å². The van der Waals surface area contributed by atoms with Gasteiger partial charge in [-0.2, -0.15) is 0 Å². The van der Waals surface area contributed by atoms with Crippen molar-refractivity contribution in [1.29, 1.82) is 0 Å². The van der Waals surface area contributed by atoms with Crippen LogP contribution in [0.4, 0.5) is 5.69 Å². The third-order valence-corrected chi connectivity index (χ3v) is 5.35. The molecule has 8 nitrogen and oxygen atoms in total. The van der Waals surface area contributed by atoms with Crippen molar-refractivity contribution in [2.45, 2.75) is 25.8 Å². The number of piperidine rings is 1. The van der Waals surface area contributed by atoms with Crippen molar-refractivity contribution in [1.82, 2.24) is 9.88 Å². The summed E-state index contributed by atoms with van der Waals surface area (Å²) in [5.74, 6) is -1.14. The summed E-state index contributed by atoms with van der Waals surface area (Å²) in [5.41, 5.74) is 0.846. The first-order chi connectivity index (χ1) is 12.4. The molecule has 1 aliphatic heterocycles. The smallest absolute Gasteiger partial charge is 0.326 e. The Balaban J connectivity index is 1.81. The van der Waals surface area contributed by atoms with Crippen molar-refractivity contribution in [3.8, 4) is 10.6 Å². The number of hydrogen-bond acceptors (Lipinski definition) is 6. The number of non-ortho nitro benzene ring substituents is 1. The lowest BCUT2D eigenvalue weighted by Crippen LogP contribution is -2.49. The molecule has 1 fully saturated rings. The molecular formula is C17H17N3O5S. The van der Waals surface area contributed by atoms with Gasteiger partial charge in [0.15, 0.2) is 0 Å². The van der Waals surface area contributed by atoms with Crippen molar-refractivity contribution in [2.75, 3.05) is 6.54 Å². The minimum absolute atomic E-state index is 0.0201. The van der Waals surface area contributed by atoms with E-state index >= 15 is 0 Å². The van der Waals surface area contributed by atoms with Crippen LogP contribution >= 0.6 is 11.3 Å². The molecule has 2 unspecified atom stereocenters. The van der Waals surface area contributed by atoms with Crippen molar-refractivity contribution < 1.29 is 19.6 Å². The minimum atomic E-state index is -1.00. The zero-order valence-electron chi connectivity index (χ0n) is 14.0. The minimum Gasteiger partial charge on any atom is -0.480 e. The number of nitrogens with zero attached hydrogens (tertiary/aromatic N) is 3. The highest BCUT2D eigenvalue weighted by Gasteiger charge is 2.35. The Hall–Kier alpha value is -2.81. The van der Waals surface area contributed by atoms with E-state index < -0.39 is 22.8 Å². The summed E-state index contributed by atoms with van der Waals surface area (Å²) in [5, 5.41) is 22.3. The van der Waals surface area contributed by atoms with Gasteiger partial charge in [0.25, 0.3) is 11.6 Å². The fourth-order valence-electron chi connectivity index (χ4n) is 3.00. The summed E-state index contributed by atoms with van der Waals surface area (Å²) >= 11 is 1.24. The quantitative estimate of drug-likeness (QED) is 0.649. The van der Waals surface area contributed by atoms with E-state index in [2.05, 4.69) is 4.98 Å². The lowest BCUT2D eigenvalue weighted by atomic mass is 9.92. The number of aromatic nitrogens is 1. The molecule has 26 heavy (non-hydrogen) atoms. The standard InChI is InChI=1S/C17H17N3O5S/c1-10-6-7-19(14(8-10)17(22)23)16(21)13-9-26-15(18-13)11-2-4-12(5-3-11)20(24)25/h2-5,9-10,14H,6-8H2,1H3,(H,22,23). The average molecular weight is 375 g/mol. The van der Waals surface area contributed by atoms with Gasteiger partial charge in [-0.05, 0) is 30.9 Å². The van der Waals surface area contributed by atoms with E-state index in [0.29, 0.717) is 23.5 Å². The number of carbonyl (C=O) groups excluding carboxylic acids is 1. The maximum absolute atomic E-state index is 12.7. The summed E-state index contributed by atoms with van der Waals surface area (Å²) < 4.78 is 0. The van der Waals surface area contributed by atoms with Gasteiger partial charge in [0.2, 0.25) is 0 Å². The molecule has 1 amide bonds. The van der Waals surface area contributed by atoms with Crippen LogP contribution in [0.25, 0.3) is 10.6 Å². The van der Waals surface area contributed by atoms with Crippen LogP contribution in [-0.4, -0.2) is 44.4 Å². The van der Waals surface area contributed by atoms with Crippen molar-refractivity contribution >= 4 is 28.9 Å². The van der Waals surface area contributed by atoms with Crippen molar-refractivity contribution in [3.05, 3.63) is 45.5 Å². The van der Waals surface area contributed by atoms with Crippen LogP contribution in [0.1, 0.15) is 30.3 Å². The number of likely N-dealkylation sites (tertiary alicyclic amines) is 1. The topological polar surface area (TPSA) is 114 Å². The second kappa shape index (κ2) is 7.20. The number of nitro groups is 1. The number of aliphatic carboxylic acids is 1. The van der Waals surface area contributed by atoms with E-state index in [-0.39, 0.29) is 17.3 Å².